The van der Waals surface area contributed by atoms with Crippen molar-refractivity contribution in [3.63, 3.8) is 0 Å². The maximum absolute atomic E-state index is 12.4. The van der Waals surface area contributed by atoms with Crippen LogP contribution in [0.2, 0.25) is 0 Å². The summed E-state index contributed by atoms with van der Waals surface area (Å²) in [6, 6.07) is 14.4. The number of methoxy groups -OCH3 is 1. The van der Waals surface area contributed by atoms with Crippen LogP contribution < -0.4 is 9.64 Å². The number of nitrogens with zero attached hydrogens (tertiary/aromatic N) is 1. The van der Waals surface area contributed by atoms with Crippen LogP contribution >= 0.6 is 0 Å². The molecule has 2 aromatic carbocycles. The van der Waals surface area contributed by atoms with Crippen LogP contribution in [0.1, 0.15) is 17.2 Å². The van der Waals surface area contributed by atoms with Gasteiger partial charge in [-0.3, -0.25) is 4.79 Å². The minimum absolute atomic E-state index is 0.382. The molecule has 0 aliphatic heterocycles. The van der Waals surface area contributed by atoms with Crippen LogP contribution in [0.4, 0.5) is 5.69 Å². The van der Waals surface area contributed by atoms with E-state index in [1.165, 1.54) is 4.90 Å². The largest absolute Gasteiger partial charge is 0.497 e. The summed E-state index contributed by atoms with van der Waals surface area (Å²) < 4.78 is 5.11. The highest BCUT2D eigenvalue weighted by atomic mass is 16.5. The Kier molecular flexibility index (Phi) is 4.60. The number of ether oxygens (including phenoxy) is 1. The molecular formula is C17H19NO3. The first-order chi connectivity index (χ1) is 10.0. The number of carbonyl (C=O) groups is 1. The molecule has 110 valence electrons. The molecule has 0 radical (unpaired) electrons. The molecule has 1 atom stereocenters. The van der Waals surface area contributed by atoms with Crippen LogP contribution in [0, 0.1) is 6.92 Å². The van der Waals surface area contributed by atoms with Gasteiger partial charge in [-0.15, -0.1) is 0 Å². The van der Waals surface area contributed by atoms with Gasteiger partial charge in [0, 0.05) is 12.7 Å². The summed E-state index contributed by atoms with van der Waals surface area (Å²) in [6.45, 7) is 1.98. The van der Waals surface area contributed by atoms with Gasteiger partial charge in [0.15, 0.2) is 6.10 Å². The molecule has 0 bridgehead atoms. The average molecular weight is 285 g/mol. The third kappa shape index (κ3) is 3.41. The van der Waals surface area contributed by atoms with E-state index < -0.39 is 6.10 Å². The predicted octanol–water partition coefficient (Wildman–Crippen LogP) is 2.70. The zero-order valence-corrected chi connectivity index (χ0v) is 12.4. The van der Waals surface area contributed by atoms with Crippen molar-refractivity contribution in [3.8, 4) is 5.75 Å². The number of benzene rings is 2. The predicted molar refractivity (Wildman–Crippen MR) is 82.5 cm³/mol. The fourth-order valence-corrected chi connectivity index (χ4v) is 2.03. The van der Waals surface area contributed by atoms with E-state index in [1.54, 1.807) is 38.4 Å². The van der Waals surface area contributed by atoms with E-state index in [0.29, 0.717) is 11.3 Å². The molecule has 1 unspecified atom stereocenters. The van der Waals surface area contributed by atoms with Gasteiger partial charge in [0.25, 0.3) is 5.91 Å². The Balaban J connectivity index is 2.19. The van der Waals surface area contributed by atoms with Crippen molar-refractivity contribution in [2.45, 2.75) is 13.0 Å². The first-order valence-corrected chi connectivity index (χ1v) is 6.69. The molecule has 0 aliphatic carbocycles. The summed E-state index contributed by atoms with van der Waals surface area (Å²) in [7, 11) is 3.20. The molecule has 2 rings (SSSR count). The fraction of sp³-hybridized carbons (Fsp3) is 0.235. The second-order valence-corrected chi connectivity index (χ2v) is 4.91. The van der Waals surface area contributed by atoms with Crippen molar-refractivity contribution in [1.82, 2.24) is 0 Å². The van der Waals surface area contributed by atoms with E-state index >= 15 is 0 Å². The molecule has 0 saturated carbocycles. The van der Waals surface area contributed by atoms with Gasteiger partial charge < -0.3 is 14.7 Å². The SMILES string of the molecule is COc1cccc(C(O)C(=O)N(C)c2ccc(C)cc2)c1. The summed E-state index contributed by atoms with van der Waals surface area (Å²) in [5.74, 6) is 0.226. The molecule has 0 saturated heterocycles. The molecule has 4 heteroatoms. The van der Waals surface area contributed by atoms with Gasteiger partial charge in [0.05, 0.1) is 7.11 Å². The monoisotopic (exact) mass is 285 g/mol. The number of hydrogen-bond donors (Lipinski definition) is 1. The highest BCUT2D eigenvalue weighted by Crippen LogP contribution is 2.23. The minimum atomic E-state index is -1.22. The van der Waals surface area contributed by atoms with Gasteiger partial charge in [-0.1, -0.05) is 29.8 Å². The Labute approximate surface area is 124 Å². The highest BCUT2D eigenvalue weighted by molar-refractivity contribution is 5.96. The third-order valence-corrected chi connectivity index (χ3v) is 3.40. The minimum Gasteiger partial charge on any atom is -0.497 e. The smallest absolute Gasteiger partial charge is 0.260 e. The van der Waals surface area contributed by atoms with Gasteiger partial charge >= 0.3 is 0 Å². The second kappa shape index (κ2) is 6.41. The van der Waals surface area contributed by atoms with Crippen LogP contribution in [-0.2, 0) is 4.79 Å². The van der Waals surface area contributed by atoms with Crippen LogP contribution in [-0.4, -0.2) is 25.2 Å². The van der Waals surface area contributed by atoms with Crippen molar-refractivity contribution in [2.75, 3.05) is 19.1 Å². The number of anilines is 1. The maximum Gasteiger partial charge on any atom is 0.260 e. The summed E-state index contributed by atoms with van der Waals surface area (Å²) >= 11 is 0. The van der Waals surface area contributed by atoms with Crippen molar-refractivity contribution in [1.29, 1.82) is 0 Å². The normalized spacial score (nSPS) is 11.8. The molecule has 4 nitrogen and oxygen atoms in total. The van der Waals surface area contributed by atoms with Crippen molar-refractivity contribution >= 4 is 11.6 Å². The molecular weight excluding hydrogens is 266 g/mol. The summed E-state index contributed by atoms with van der Waals surface area (Å²) in [5, 5.41) is 10.2. The highest BCUT2D eigenvalue weighted by Gasteiger charge is 2.22. The molecule has 0 heterocycles. The van der Waals surface area contributed by atoms with Crippen LogP contribution in [0.25, 0.3) is 0 Å². The van der Waals surface area contributed by atoms with E-state index in [9.17, 15) is 9.90 Å². The number of aliphatic hydroxyl groups excluding tert-OH is 1. The lowest BCUT2D eigenvalue weighted by atomic mass is 10.1. The standard InChI is InChI=1S/C17H19NO3/c1-12-7-9-14(10-8-12)18(2)17(20)16(19)13-5-4-6-15(11-13)21-3/h4-11,16,19H,1-3H3. The van der Waals surface area contributed by atoms with Gasteiger partial charge in [-0.25, -0.2) is 0 Å². The third-order valence-electron chi connectivity index (χ3n) is 3.40. The Bertz CT molecular complexity index is 622. The molecule has 0 aromatic heterocycles. The molecule has 0 fully saturated rings. The molecule has 1 amide bonds. The van der Waals surface area contributed by atoms with Crippen molar-refractivity contribution in [2.24, 2.45) is 0 Å². The quantitative estimate of drug-likeness (QED) is 0.939. The number of rotatable bonds is 4. The molecule has 21 heavy (non-hydrogen) atoms. The first-order valence-electron chi connectivity index (χ1n) is 6.69. The van der Waals surface area contributed by atoms with Gasteiger partial charge in [0.1, 0.15) is 5.75 Å². The number of likely N-dealkylation sites (N-methyl/N-ethyl adjacent to an activating group) is 1. The summed E-state index contributed by atoms with van der Waals surface area (Å²) in [4.78, 5) is 13.8. The number of aliphatic hydroxyl groups is 1. The van der Waals surface area contributed by atoms with E-state index in [2.05, 4.69) is 0 Å². The second-order valence-electron chi connectivity index (χ2n) is 4.91. The van der Waals surface area contributed by atoms with Gasteiger partial charge in [0.2, 0.25) is 0 Å². The molecule has 2 aromatic rings. The van der Waals surface area contributed by atoms with E-state index in [1.807, 2.05) is 31.2 Å². The lowest BCUT2D eigenvalue weighted by molar-refractivity contribution is -0.126. The van der Waals surface area contributed by atoms with Gasteiger partial charge in [-0.2, -0.15) is 0 Å². The van der Waals surface area contributed by atoms with E-state index in [4.69, 9.17) is 4.74 Å². The van der Waals surface area contributed by atoms with Crippen LogP contribution in [0.5, 0.6) is 5.75 Å². The number of hydrogen-bond acceptors (Lipinski definition) is 3. The van der Waals surface area contributed by atoms with Crippen molar-refractivity contribution in [3.05, 3.63) is 59.7 Å². The summed E-state index contributed by atoms with van der Waals surface area (Å²) in [5.41, 5.74) is 2.37. The number of carbonyl (C=O) groups excluding carboxylic acids is 1. The van der Waals surface area contributed by atoms with Crippen molar-refractivity contribution < 1.29 is 14.6 Å². The Morgan fingerprint density at radius 1 is 1.19 bits per heavy atom. The molecule has 1 N–H and O–H groups in total. The van der Waals surface area contributed by atoms with E-state index in [0.717, 1.165) is 11.3 Å². The Morgan fingerprint density at radius 3 is 2.48 bits per heavy atom. The van der Waals surface area contributed by atoms with Crippen LogP contribution in [0.15, 0.2) is 48.5 Å². The maximum atomic E-state index is 12.4. The zero-order valence-electron chi connectivity index (χ0n) is 12.4. The Hall–Kier alpha value is -2.33. The van der Waals surface area contributed by atoms with E-state index in [-0.39, 0.29) is 5.91 Å². The molecule has 0 aliphatic rings. The topological polar surface area (TPSA) is 49.8 Å². The summed E-state index contributed by atoms with van der Waals surface area (Å²) in [6.07, 6.45) is -1.22. The lowest BCUT2D eigenvalue weighted by Crippen LogP contribution is -2.31. The Morgan fingerprint density at radius 2 is 1.86 bits per heavy atom. The molecule has 0 spiro atoms. The number of aryl methyl sites for hydroxylation is 1. The fourth-order valence-electron chi connectivity index (χ4n) is 2.03. The lowest BCUT2D eigenvalue weighted by Gasteiger charge is -2.21. The average Bonchev–Trinajstić information content (AvgIpc) is 2.53. The zero-order chi connectivity index (χ0) is 15.4. The number of amides is 1. The first kappa shape index (κ1) is 15.1. The van der Waals surface area contributed by atoms with Crippen LogP contribution in [0.3, 0.4) is 0 Å². The van der Waals surface area contributed by atoms with Gasteiger partial charge in [-0.05, 0) is 36.8 Å².